The summed E-state index contributed by atoms with van der Waals surface area (Å²) in [5.74, 6) is 1.55. The van der Waals surface area contributed by atoms with Gasteiger partial charge in [-0.1, -0.05) is 36.8 Å². The summed E-state index contributed by atoms with van der Waals surface area (Å²) in [7, 11) is 0. The molecule has 7 rings (SSSR count). The average molecular weight is 640 g/mol. The Hall–Kier alpha value is -3.18. The van der Waals surface area contributed by atoms with Crippen molar-refractivity contribution in [2.45, 2.75) is 89.6 Å². The van der Waals surface area contributed by atoms with Gasteiger partial charge in [-0.2, -0.15) is 0 Å². The molecular weight excluding hydrogens is 588 g/mol. The van der Waals surface area contributed by atoms with E-state index in [2.05, 4.69) is 44.6 Å². The lowest BCUT2D eigenvalue weighted by molar-refractivity contribution is 0.140. The van der Waals surface area contributed by atoms with Crippen molar-refractivity contribution in [2.24, 2.45) is 16.7 Å². The summed E-state index contributed by atoms with van der Waals surface area (Å²) in [6.45, 7) is 15.4. The number of piperidine rings is 1. The summed E-state index contributed by atoms with van der Waals surface area (Å²) in [4.78, 5) is 11.7. The molecule has 250 valence electrons. The van der Waals surface area contributed by atoms with Crippen molar-refractivity contribution in [1.82, 2.24) is 25.5 Å². The van der Waals surface area contributed by atoms with E-state index in [-0.39, 0.29) is 11.1 Å². The second-order valence-corrected chi connectivity index (χ2v) is 14.7. The van der Waals surface area contributed by atoms with E-state index in [1.807, 2.05) is 0 Å². The molecule has 1 aromatic heterocycles. The summed E-state index contributed by atoms with van der Waals surface area (Å²) in [5.41, 5.74) is 1.98. The summed E-state index contributed by atoms with van der Waals surface area (Å²) in [5, 5.41) is 7.26. The Balaban J connectivity index is 0.000000416. The molecule has 2 N–H and O–H groups in total. The number of terminal acetylenes is 1. The molecule has 7 heteroatoms. The Morgan fingerprint density at radius 2 is 1.85 bits per heavy atom. The van der Waals surface area contributed by atoms with E-state index in [4.69, 9.17) is 6.42 Å². The minimum atomic E-state index is -0.695. The number of nitrogens with zero attached hydrogens (tertiary/aromatic N) is 3. The molecule has 2 aromatic rings. The first-order valence-corrected chi connectivity index (χ1v) is 17.7. The zero-order valence-corrected chi connectivity index (χ0v) is 28.1. The first-order valence-electron chi connectivity index (χ1n) is 17.7. The Bertz CT molecular complexity index is 1550. The van der Waals surface area contributed by atoms with Crippen molar-refractivity contribution in [3.05, 3.63) is 78.3 Å². The lowest BCUT2D eigenvalue weighted by Gasteiger charge is -2.34. The van der Waals surface area contributed by atoms with E-state index in [1.165, 1.54) is 83.6 Å². The van der Waals surface area contributed by atoms with Crippen LogP contribution in [0.2, 0.25) is 0 Å². The van der Waals surface area contributed by atoms with Gasteiger partial charge in [0.1, 0.15) is 17.2 Å². The van der Waals surface area contributed by atoms with Gasteiger partial charge in [-0.3, -0.25) is 0 Å². The van der Waals surface area contributed by atoms with Crippen LogP contribution in [0.25, 0.3) is 16.5 Å². The molecular formula is C40H51F2N5. The highest BCUT2D eigenvalue weighted by molar-refractivity contribution is 5.88. The van der Waals surface area contributed by atoms with E-state index in [0.29, 0.717) is 46.0 Å². The molecule has 5 aliphatic rings. The van der Waals surface area contributed by atoms with Gasteiger partial charge in [-0.05, 0) is 112 Å². The van der Waals surface area contributed by atoms with E-state index < -0.39 is 17.6 Å². The van der Waals surface area contributed by atoms with Crippen LogP contribution in [0.3, 0.4) is 0 Å². The maximum Gasteiger partial charge on any atom is 0.160 e. The van der Waals surface area contributed by atoms with Crippen molar-refractivity contribution in [3.8, 4) is 12.3 Å². The first-order chi connectivity index (χ1) is 22.8. The van der Waals surface area contributed by atoms with Gasteiger partial charge in [0.15, 0.2) is 5.82 Å². The molecule has 3 atom stereocenters. The number of hydrogen-bond acceptors (Lipinski definition) is 5. The third-order valence-corrected chi connectivity index (χ3v) is 11.3. The highest BCUT2D eigenvalue weighted by atomic mass is 19.1. The van der Waals surface area contributed by atoms with Crippen LogP contribution in [-0.4, -0.2) is 59.7 Å². The zero-order chi connectivity index (χ0) is 33.0. The van der Waals surface area contributed by atoms with Gasteiger partial charge in [0.25, 0.3) is 0 Å². The van der Waals surface area contributed by atoms with Gasteiger partial charge >= 0.3 is 0 Å². The molecule has 0 amide bonds. The highest BCUT2D eigenvalue weighted by Crippen LogP contribution is 2.55. The van der Waals surface area contributed by atoms with Crippen LogP contribution in [0, 0.1) is 40.7 Å². The Morgan fingerprint density at radius 3 is 2.43 bits per heavy atom. The van der Waals surface area contributed by atoms with Crippen LogP contribution in [-0.2, 0) is 6.42 Å². The summed E-state index contributed by atoms with van der Waals surface area (Å²) in [6.07, 6.45) is 27.0. The number of aromatic nitrogens is 2. The SMILES string of the molecule is C#CC(CC=C)/C(C=C)=C(/C=C/C)c1c(F)cc2cnc(CCC3(CN4CCC5(CC4)CC5)CC3)nc2c1F.C1C[C@@H]2CNCC1N2. The molecule has 1 spiro atoms. The molecule has 47 heavy (non-hydrogen) atoms. The minimum absolute atomic E-state index is 0.137. The monoisotopic (exact) mass is 639 g/mol. The fraction of sp³-hybridized carbons (Fsp3) is 0.550. The number of hydrogen-bond donors (Lipinski definition) is 2. The lowest BCUT2D eigenvalue weighted by atomic mass is 9.87. The van der Waals surface area contributed by atoms with Gasteiger partial charge < -0.3 is 15.5 Å². The van der Waals surface area contributed by atoms with Crippen molar-refractivity contribution in [1.29, 1.82) is 0 Å². The number of benzene rings is 1. The van der Waals surface area contributed by atoms with Crippen molar-refractivity contribution in [2.75, 3.05) is 32.7 Å². The molecule has 3 aliphatic heterocycles. The number of allylic oxidation sites excluding steroid dienone is 6. The van der Waals surface area contributed by atoms with Gasteiger partial charge in [0.05, 0.1) is 5.56 Å². The van der Waals surface area contributed by atoms with Crippen LogP contribution in [0.1, 0.15) is 82.5 Å². The largest absolute Gasteiger partial charge is 0.314 e. The van der Waals surface area contributed by atoms with Crippen LogP contribution in [0.15, 0.2) is 55.3 Å². The predicted molar refractivity (Wildman–Crippen MR) is 189 cm³/mol. The average Bonchev–Trinajstić information content (AvgIpc) is 4.00. The molecule has 0 radical (unpaired) electrons. The molecule has 4 heterocycles. The summed E-state index contributed by atoms with van der Waals surface area (Å²) in [6, 6.07) is 2.91. The second kappa shape index (κ2) is 14.5. The second-order valence-electron chi connectivity index (χ2n) is 14.7. The quantitative estimate of drug-likeness (QED) is 0.151. The van der Waals surface area contributed by atoms with Crippen LogP contribution in [0.5, 0.6) is 0 Å². The van der Waals surface area contributed by atoms with Crippen molar-refractivity contribution in [3.63, 3.8) is 0 Å². The van der Waals surface area contributed by atoms with E-state index in [0.717, 1.165) is 25.0 Å². The van der Waals surface area contributed by atoms with Crippen LogP contribution in [0.4, 0.5) is 8.78 Å². The van der Waals surface area contributed by atoms with Gasteiger partial charge in [-0.25, -0.2) is 18.7 Å². The molecule has 2 unspecified atom stereocenters. The standard InChI is InChI=1S/C34H39F2N3.C6H12N2/c1-5-9-24(7-3)26(8-4)27(10-6-2)30-28(35)21-25-22-37-29(38-32(25)31(30)36)11-12-34(15-16-34)23-39-19-17-33(13-14-33)18-20-39;1-2-6-4-7-3-5(1)8-6/h3,5-6,8,10,21-22,24H,1,4,9,11-20,23H2,2H3;5-8H,1-4H2/b10-6+,27-26-;/t;5-,6?/m.1/s1. The third kappa shape index (κ3) is 7.77. The summed E-state index contributed by atoms with van der Waals surface area (Å²) >= 11 is 0. The van der Waals surface area contributed by atoms with Crippen LogP contribution >= 0.6 is 0 Å². The molecule has 5 fully saturated rings. The highest BCUT2D eigenvalue weighted by Gasteiger charge is 2.48. The normalized spacial score (nSPS) is 25.1. The Morgan fingerprint density at radius 1 is 1.13 bits per heavy atom. The molecule has 1 aromatic carbocycles. The van der Waals surface area contributed by atoms with Gasteiger partial charge in [0.2, 0.25) is 0 Å². The predicted octanol–water partition coefficient (Wildman–Crippen LogP) is 7.55. The molecule has 2 bridgehead atoms. The van der Waals surface area contributed by atoms with Crippen molar-refractivity contribution < 1.29 is 8.78 Å². The van der Waals surface area contributed by atoms with Crippen LogP contribution < -0.4 is 10.6 Å². The van der Waals surface area contributed by atoms with Gasteiger partial charge in [0, 0.05) is 55.6 Å². The number of fused-ring (bicyclic) bond motifs is 3. The molecule has 2 aliphatic carbocycles. The van der Waals surface area contributed by atoms with Gasteiger partial charge in [-0.15, -0.1) is 13.0 Å². The number of likely N-dealkylation sites (tertiary alicyclic amines) is 1. The van der Waals surface area contributed by atoms with E-state index in [9.17, 15) is 0 Å². The number of halogens is 2. The van der Waals surface area contributed by atoms with E-state index >= 15 is 8.78 Å². The first kappa shape index (κ1) is 33.7. The minimum Gasteiger partial charge on any atom is -0.314 e. The maximum atomic E-state index is 16.1. The number of piperazine rings is 1. The number of aryl methyl sites for hydroxylation is 1. The molecule has 3 saturated heterocycles. The molecule has 2 saturated carbocycles. The lowest BCUT2D eigenvalue weighted by Crippen LogP contribution is -2.48. The zero-order valence-electron chi connectivity index (χ0n) is 28.1. The fourth-order valence-electron chi connectivity index (χ4n) is 7.92. The Kier molecular flexibility index (Phi) is 10.4. The third-order valence-electron chi connectivity index (χ3n) is 11.3. The maximum absolute atomic E-state index is 16.1. The topological polar surface area (TPSA) is 53.1 Å². The fourth-order valence-corrected chi connectivity index (χ4v) is 7.92. The Labute approximate surface area is 280 Å². The molecule has 5 nitrogen and oxygen atoms in total. The number of nitrogens with one attached hydrogen (secondary N) is 2. The number of rotatable bonds is 11. The van der Waals surface area contributed by atoms with Crippen molar-refractivity contribution >= 4 is 16.5 Å². The summed E-state index contributed by atoms with van der Waals surface area (Å²) < 4.78 is 31.5. The smallest absolute Gasteiger partial charge is 0.160 e. The van der Waals surface area contributed by atoms with E-state index in [1.54, 1.807) is 37.4 Å².